The molecule has 1 aliphatic rings. The molecular formula is C36H25ClF3N3O3S. The molecule has 0 fully saturated rings. The van der Waals surface area contributed by atoms with Crippen LogP contribution in [0.1, 0.15) is 29.7 Å². The highest BCUT2D eigenvalue weighted by atomic mass is 35.5. The third-order valence-corrected chi connectivity index (χ3v) is 9.34. The first kappa shape index (κ1) is 30.7. The zero-order chi connectivity index (χ0) is 32.9. The summed E-state index contributed by atoms with van der Waals surface area (Å²) < 4.78 is 51.9. The first-order valence-electron chi connectivity index (χ1n) is 14.7. The predicted octanol–water partition coefficient (Wildman–Crippen LogP) is 7.15. The minimum Gasteiger partial charge on any atom is -0.463 e. The van der Waals surface area contributed by atoms with Crippen molar-refractivity contribution in [2.75, 3.05) is 6.61 Å². The topological polar surface area (TPSA) is 65.6 Å². The molecule has 0 spiro atoms. The Balaban J connectivity index is 1.42. The molecule has 236 valence electrons. The van der Waals surface area contributed by atoms with Gasteiger partial charge in [-0.1, -0.05) is 95.7 Å². The fourth-order valence-corrected chi connectivity index (χ4v) is 7.19. The molecule has 47 heavy (non-hydrogen) atoms. The summed E-state index contributed by atoms with van der Waals surface area (Å²) in [5, 5.41) is 3.47. The van der Waals surface area contributed by atoms with E-state index in [1.165, 1.54) is 31.2 Å². The molecule has 0 radical (unpaired) electrons. The summed E-state index contributed by atoms with van der Waals surface area (Å²) in [6.45, 7) is 1.90. The van der Waals surface area contributed by atoms with Gasteiger partial charge in [0.2, 0.25) is 0 Å². The number of esters is 1. The van der Waals surface area contributed by atoms with Crippen molar-refractivity contribution in [3.63, 3.8) is 0 Å². The third kappa shape index (κ3) is 5.57. The summed E-state index contributed by atoms with van der Waals surface area (Å²) >= 11 is 6.92. The lowest BCUT2D eigenvalue weighted by molar-refractivity contribution is -0.140. The van der Waals surface area contributed by atoms with Gasteiger partial charge >= 0.3 is 12.1 Å². The molecule has 7 rings (SSSR count). The summed E-state index contributed by atoms with van der Waals surface area (Å²) in [5.41, 5.74) is 0.292. The maximum absolute atomic E-state index is 14.5. The number of fused-ring (bicyclic) bond motifs is 3. The second-order valence-corrected chi connectivity index (χ2v) is 12.4. The fourth-order valence-electron chi connectivity index (χ4n) is 6.08. The Bertz CT molecular complexity index is 2400. The van der Waals surface area contributed by atoms with Crippen LogP contribution < -0.4 is 14.9 Å². The Hall–Kier alpha value is -4.93. The van der Waals surface area contributed by atoms with Crippen LogP contribution in [0.2, 0.25) is 5.02 Å². The molecule has 11 heteroatoms. The number of carbonyl (C=O) groups is 1. The van der Waals surface area contributed by atoms with Crippen LogP contribution in [-0.2, 0) is 16.1 Å². The van der Waals surface area contributed by atoms with Gasteiger partial charge in [0, 0.05) is 34.2 Å². The van der Waals surface area contributed by atoms with Crippen molar-refractivity contribution in [2.24, 2.45) is 4.99 Å². The highest BCUT2D eigenvalue weighted by Crippen LogP contribution is 2.38. The zero-order valence-electron chi connectivity index (χ0n) is 24.8. The lowest BCUT2D eigenvalue weighted by atomic mass is 9.95. The highest BCUT2D eigenvalue weighted by Gasteiger charge is 2.45. The van der Waals surface area contributed by atoms with Crippen LogP contribution in [0.4, 0.5) is 13.2 Å². The number of benzene rings is 4. The van der Waals surface area contributed by atoms with Crippen molar-refractivity contribution < 1.29 is 22.7 Å². The van der Waals surface area contributed by atoms with Gasteiger partial charge < -0.3 is 9.30 Å². The molecule has 4 aromatic carbocycles. The largest absolute Gasteiger partial charge is 0.463 e. The number of thiazole rings is 1. The molecular weight excluding hydrogens is 647 g/mol. The van der Waals surface area contributed by atoms with E-state index in [-0.39, 0.29) is 21.5 Å². The second-order valence-electron chi connectivity index (χ2n) is 11.0. The molecule has 0 aliphatic carbocycles. The number of ether oxygens (including phenoxy) is 1. The van der Waals surface area contributed by atoms with Crippen molar-refractivity contribution in [2.45, 2.75) is 25.7 Å². The molecule has 6 nitrogen and oxygen atoms in total. The maximum Gasteiger partial charge on any atom is 0.434 e. The van der Waals surface area contributed by atoms with Gasteiger partial charge in [0.05, 0.1) is 22.8 Å². The van der Waals surface area contributed by atoms with Crippen LogP contribution >= 0.6 is 22.9 Å². The standard InChI is InChI=1S/C36H25ClF3N3O3S/c1-2-46-34(45)30-31(22-14-16-25(37)17-15-22)43-33(44)29(47-35(43)41-32(30)36(38,39)40)18-24-20-42(28-13-6-5-12-27(24)28)19-23-10-7-9-21-8-3-4-11-26(21)23/h3-18,20,31H,2,19H2,1H3/b29-18-/t31-/m0/s1. The van der Waals surface area contributed by atoms with Crippen LogP contribution in [0.5, 0.6) is 0 Å². The van der Waals surface area contributed by atoms with E-state index in [1.54, 1.807) is 6.08 Å². The fraction of sp³-hybridized carbons (Fsp3) is 0.139. The summed E-state index contributed by atoms with van der Waals surface area (Å²) in [6, 6.07) is 26.6. The molecule has 0 amide bonds. The van der Waals surface area contributed by atoms with Crippen LogP contribution in [0, 0.1) is 0 Å². The van der Waals surface area contributed by atoms with Crippen LogP contribution in [0.3, 0.4) is 0 Å². The van der Waals surface area contributed by atoms with Gasteiger partial charge in [0.25, 0.3) is 5.56 Å². The van der Waals surface area contributed by atoms with E-state index >= 15 is 0 Å². The van der Waals surface area contributed by atoms with Gasteiger partial charge in [0.1, 0.15) is 0 Å². The first-order valence-corrected chi connectivity index (χ1v) is 15.9. The number of hydrogen-bond donors (Lipinski definition) is 0. The molecule has 3 heterocycles. The lowest BCUT2D eigenvalue weighted by Crippen LogP contribution is -2.41. The lowest BCUT2D eigenvalue weighted by Gasteiger charge is -2.26. The number of halogens is 4. The van der Waals surface area contributed by atoms with E-state index in [2.05, 4.69) is 33.8 Å². The van der Waals surface area contributed by atoms with E-state index in [0.29, 0.717) is 11.6 Å². The molecule has 0 unspecified atom stereocenters. The summed E-state index contributed by atoms with van der Waals surface area (Å²) in [7, 11) is 0. The van der Waals surface area contributed by atoms with Crippen LogP contribution in [0.15, 0.2) is 118 Å². The minimum atomic E-state index is -4.99. The van der Waals surface area contributed by atoms with Gasteiger partial charge in [0.15, 0.2) is 10.5 Å². The Morgan fingerprint density at radius 1 is 0.979 bits per heavy atom. The Morgan fingerprint density at radius 3 is 2.43 bits per heavy atom. The molecule has 6 aromatic rings. The molecule has 0 saturated carbocycles. The number of carbonyl (C=O) groups excluding carboxylic acids is 1. The van der Waals surface area contributed by atoms with E-state index in [4.69, 9.17) is 16.3 Å². The monoisotopic (exact) mass is 671 g/mol. The van der Waals surface area contributed by atoms with Gasteiger partial charge in [-0.25, -0.2) is 9.79 Å². The third-order valence-electron chi connectivity index (χ3n) is 8.11. The average molecular weight is 672 g/mol. The van der Waals surface area contributed by atoms with Crippen molar-refractivity contribution in [3.05, 3.63) is 150 Å². The Morgan fingerprint density at radius 2 is 1.68 bits per heavy atom. The number of allylic oxidation sites excluding steroid dienone is 1. The van der Waals surface area contributed by atoms with Crippen LogP contribution in [0.25, 0.3) is 27.8 Å². The minimum absolute atomic E-state index is 0.159. The van der Waals surface area contributed by atoms with Gasteiger partial charge in [-0.05, 0) is 53.1 Å². The summed E-state index contributed by atoms with van der Waals surface area (Å²) in [6.07, 6.45) is -1.38. The molecule has 0 N–H and O–H groups in total. The van der Waals surface area contributed by atoms with E-state index < -0.39 is 35.0 Å². The smallest absolute Gasteiger partial charge is 0.434 e. The van der Waals surface area contributed by atoms with Crippen molar-refractivity contribution >= 4 is 56.7 Å². The number of nitrogens with zero attached hydrogens (tertiary/aromatic N) is 3. The van der Waals surface area contributed by atoms with Gasteiger partial charge in [-0.2, -0.15) is 13.2 Å². The molecule has 2 aromatic heterocycles. The van der Waals surface area contributed by atoms with E-state index in [0.717, 1.165) is 48.7 Å². The van der Waals surface area contributed by atoms with Crippen LogP contribution in [-0.4, -0.2) is 27.9 Å². The molecule has 0 bridgehead atoms. The highest BCUT2D eigenvalue weighted by molar-refractivity contribution is 7.07. The normalized spacial score (nSPS) is 15.3. The number of para-hydroxylation sites is 1. The zero-order valence-corrected chi connectivity index (χ0v) is 26.4. The number of hydrogen-bond acceptors (Lipinski definition) is 5. The number of rotatable bonds is 6. The summed E-state index contributed by atoms with van der Waals surface area (Å²) in [4.78, 5) is 30.9. The average Bonchev–Trinajstić information content (AvgIpc) is 3.56. The van der Waals surface area contributed by atoms with Gasteiger partial charge in [-0.3, -0.25) is 9.36 Å². The maximum atomic E-state index is 14.5. The van der Waals surface area contributed by atoms with E-state index in [9.17, 15) is 22.8 Å². The van der Waals surface area contributed by atoms with Crippen molar-refractivity contribution in [1.82, 2.24) is 9.13 Å². The summed E-state index contributed by atoms with van der Waals surface area (Å²) in [5.74, 6) is -1.20. The quantitative estimate of drug-likeness (QED) is 0.177. The SMILES string of the molecule is CCOC(=O)C1=C(C(F)(F)F)N=c2s/c(=C\c3cn(Cc4cccc5ccccc45)c4ccccc34)c(=O)n2[C@H]1c1ccc(Cl)cc1. The Kier molecular flexibility index (Phi) is 7.85. The molecule has 1 aliphatic heterocycles. The second kappa shape index (κ2) is 12.0. The van der Waals surface area contributed by atoms with Crippen molar-refractivity contribution in [1.29, 1.82) is 0 Å². The molecule has 0 saturated heterocycles. The predicted molar refractivity (Wildman–Crippen MR) is 177 cm³/mol. The number of alkyl halides is 3. The van der Waals surface area contributed by atoms with E-state index in [1.807, 2.05) is 48.7 Å². The number of aromatic nitrogens is 2. The van der Waals surface area contributed by atoms with Gasteiger partial charge in [-0.15, -0.1) is 0 Å². The van der Waals surface area contributed by atoms with Crippen molar-refractivity contribution in [3.8, 4) is 0 Å². The first-order chi connectivity index (χ1) is 22.6. The molecule has 1 atom stereocenters. The Labute approximate surface area is 274 Å².